The molecule has 0 aromatic carbocycles. The van der Waals surface area contributed by atoms with Crippen LogP contribution in [0.1, 0.15) is 0 Å². The fourth-order valence-corrected chi connectivity index (χ4v) is 0.102. The molecule has 0 radical (unpaired) electrons. The highest BCUT2D eigenvalue weighted by atomic mass is 16.3. The van der Waals surface area contributed by atoms with Gasteiger partial charge in [0.15, 0.2) is 0 Å². The summed E-state index contributed by atoms with van der Waals surface area (Å²) in [6, 6.07) is -1.11. The van der Waals surface area contributed by atoms with Gasteiger partial charge in [0.2, 0.25) is 0 Å². The van der Waals surface area contributed by atoms with E-state index in [1.54, 1.807) is 0 Å². The zero-order chi connectivity index (χ0) is 6.41. The largest absolute Gasteiger partial charge is 0.330 e. The van der Waals surface area contributed by atoms with Crippen molar-refractivity contribution < 1.29 is 4.79 Å². The van der Waals surface area contributed by atoms with Gasteiger partial charge < -0.3 is 0 Å². The lowest BCUT2D eigenvalue weighted by atomic mass is 11.1. The topological polar surface area (TPSA) is 107 Å². The molecule has 0 rings (SSSR count). The second kappa shape index (κ2) is 3.57. The quantitative estimate of drug-likeness (QED) is 0.178. The minimum Gasteiger partial charge on any atom is -0.266 e. The predicted octanol–water partition coefficient (Wildman–Crippen LogP) is 0.688. The van der Waals surface area contributed by atoms with Gasteiger partial charge in [-0.2, -0.15) is 0 Å². The van der Waals surface area contributed by atoms with E-state index in [0.717, 1.165) is 0 Å². The number of amides is 2. The SMILES string of the molecule is [N-]=[N+]=NC(=O)NN=O. The summed E-state index contributed by atoms with van der Waals surface area (Å²) in [5.74, 6) is 0. The molecule has 0 unspecified atom stereocenters. The van der Waals surface area contributed by atoms with E-state index in [1.165, 1.54) is 5.43 Å². The Labute approximate surface area is 43.2 Å². The van der Waals surface area contributed by atoms with Crippen molar-refractivity contribution in [1.29, 1.82) is 0 Å². The number of urea groups is 1. The highest BCUT2D eigenvalue weighted by Crippen LogP contribution is 1.71. The summed E-state index contributed by atoms with van der Waals surface area (Å²) >= 11 is 0. The van der Waals surface area contributed by atoms with E-state index in [1.807, 2.05) is 5.29 Å². The molecule has 1 N–H and O–H groups in total. The summed E-state index contributed by atoms with van der Waals surface area (Å²) in [6.45, 7) is 0. The molecule has 0 fully saturated rings. The molecule has 0 saturated heterocycles. The standard InChI is InChI=1S/CHN5O2/c2-5-3-1(7)4-6-8/h(H,4,7,8). The van der Waals surface area contributed by atoms with Gasteiger partial charge in [-0.05, 0) is 5.53 Å². The van der Waals surface area contributed by atoms with Gasteiger partial charge in [0, 0.05) is 10.0 Å². The summed E-state index contributed by atoms with van der Waals surface area (Å²) in [6.07, 6.45) is 0. The third-order valence-corrected chi connectivity index (χ3v) is 0.277. The van der Waals surface area contributed by atoms with E-state index in [0.29, 0.717) is 0 Å². The Balaban J connectivity index is 3.65. The third-order valence-electron chi connectivity index (χ3n) is 0.277. The molecule has 7 heteroatoms. The smallest absolute Gasteiger partial charge is 0.266 e. The Hall–Kier alpha value is -1.62. The number of hydrogen-bond acceptors (Lipinski definition) is 3. The summed E-state index contributed by atoms with van der Waals surface area (Å²) in [7, 11) is 0. The van der Waals surface area contributed by atoms with Gasteiger partial charge in [-0.25, -0.2) is 5.43 Å². The predicted molar refractivity (Wildman–Crippen MR) is 23.5 cm³/mol. The number of nitrogens with one attached hydrogen (secondary N) is 1. The molecule has 0 aliphatic heterocycles. The van der Waals surface area contributed by atoms with Crippen LogP contribution < -0.4 is 5.43 Å². The molecule has 0 aromatic rings. The van der Waals surface area contributed by atoms with Crippen molar-refractivity contribution in [2.45, 2.75) is 0 Å². The number of hydrogen-bond donors (Lipinski definition) is 1. The molecule has 2 amide bonds. The molecule has 0 heterocycles. The van der Waals surface area contributed by atoms with Crippen molar-refractivity contribution in [3.05, 3.63) is 15.3 Å². The number of nitrogens with zero attached hydrogens (tertiary/aromatic N) is 4. The normalized spacial score (nSPS) is 6.50. The van der Waals surface area contributed by atoms with Gasteiger partial charge >= 0.3 is 6.03 Å². The Kier molecular flexibility index (Phi) is 2.84. The van der Waals surface area contributed by atoms with Crippen LogP contribution in [0.4, 0.5) is 4.79 Å². The summed E-state index contributed by atoms with van der Waals surface area (Å²) in [4.78, 5) is 21.0. The Morgan fingerprint density at radius 2 is 2.38 bits per heavy atom. The van der Waals surface area contributed by atoms with E-state index < -0.39 is 6.03 Å². The van der Waals surface area contributed by atoms with Gasteiger partial charge in [0.25, 0.3) is 0 Å². The summed E-state index contributed by atoms with van der Waals surface area (Å²) in [5, 5.41) is 4.39. The van der Waals surface area contributed by atoms with Crippen molar-refractivity contribution >= 4 is 6.03 Å². The molecule has 0 spiro atoms. The van der Waals surface area contributed by atoms with E-state index in [9.17, 15) is 4.79 Å². The fourth-order valence-electron chi connectivity index (χ4n) is 0.102. The lowest BCUT2D eigenvalue weighted by Crippen LogP contribution is -2.09. The van der Waals surface area contributed by atoms with Crippen LogP contribution in [0.2, 0.25) is 0 Å². The first-order chi connectivity index (χ1) is 3.81. The monoisotopic (exact) mass is 115 g/mol. The minimum absolute atomic E-state index is 1.11. The number of rotatable bonds is 1. The van der Waals surface area contributed by atoms with E-state index in [4.69, 9.17) is 10.4 Å². The van der Waals surface area contributed by atoms with Crippen LogP contribution in [0.3, 0.4) is 0 Å². The van der Waals surface area contributed by atoms with Crippen LogP contribution in [0.5, 0.6) is 0 Å². The van der Waals surface area contributed by atoms with Gasteiger partial charge in [0.1, 0.15) is 0 Å². The van der Waals surface area contributed by atoms with Crippen LogP contribution in [-0.2, 0) is 0 Å². The molecule has 0 saturated carbocycles. The van der Waals surface area contributed by atoms with Gasteiger partial charge in [-0.1, -0.05) is 0 Å². The van der Waals surface area contributed by atoms with Crippen molar-refractivity contribution in [3.63, 3.8) is 0 Å². The van der Waals surface area contributed by atoms with Crippen LogP contribution in [0.25, 0.3) is 10.4 Å². The minimum atomic E-state index is -1.11. The molecule has 0 atom stereocenters. The van der Waals surface area contributed by atoms with Gasteiger partial charge in [-0.3, -0.25) is 4.79 Å². The lowest BCUT2D eigenvalue weighted by molar-refractivity contribution is 0.249. The summed E-state index contributed by atoms with van der Waals surface area (Å²) in [5.41, 5.74) is 8.87. The first kappa shape index (κ1) is 6.38. The van der Waals surface area contributed by atoms with Gasteiger partial charge in [0.05, 0.1) is 5.29 Å². The third kappa shape index (κ3) is 2.61. The molecule has 42 valence electrons. The maximum absolute atomic E-state index is 9.82. The number of azide groups is 1. The average Bonchev–Trinajstić information content (AvgIpc) is 1.68. The van der Waals surface area contributed by atoms with E-state index >= 15 is 0 Å². The second-order valence-corrected chi connectivity index (χ2v) is 0.698. The highest BCUT2D eigenvalue weighted by molar-refractivity contribution is 5.74. The average molecular weight is 115 g/mol. The number of carbonyl (C=O) groups is 1. The Morgan fingerprint density at radius 1 is 1.75 bits per heavy atom. The Morgan fingerprint density at radius 3 is 2.75 bits per heavy atom. The zero-order valence-electron chi connectivity index (χ0n) is 3.61. The van der Waals surface area contributed by atoms with Crippen LogP contribution in [0.15, 0.2) is 10.4 Å². The molecular formula is CHN5O2. The van der Waals surface area contributed by atoms with Crippen LogP contribution in [0, 0.1) is 4.91 Å². The van der Waals surface area contributed by atoms with Crippen molar-refractivity contribution in [2.24, 2.45) is 10.4 Å². The maximum atomic E-state index is 9.82. The van der Waals surface area contributed by atoms with Crippen molar-refractivity contribution in [3.8, 4) is 0 Å². The van der Waals surface area contributed by atoms with Crippen LogP contribution >= 0.6 is 0 Å². The first-order valence-electron chi connectivity index (χ1n) is 1.48. The fraction of sp³-hybridized carbons (Fsp3) is 0. The molecule has 8 heavy (non-hydrogen) atoms. The van der Waals surface area contributed by atoms with Crippen molar-refractivity contribution in [1.82, 2.24) is 5.43 Å². The Bertz CT molecular complexity index is 145. The van der Waals surface area contributed by atoms with E-state index in [-0.39, 0.29) is 0 Å². The number of nitroso groups, excluding NO2 is 1. The number of carbonyl (C=O) groups excluding carboxylic acids is 1. The molecule has 0 aliphatic rings. The summed E-state index contributed by atoms with van der Waals surface area (Å²) < 4.78 is 0. The molecule has 0 aromatic heterocycles. The molecular weight excluding hydrogens is 114 g/mol. The first-order valence-corrected chi connectivity index (χ1v) is 1.48. The maximum Gasteiger partial charge on any atom is 0.330 e. The highest BCUT2D eigenvalue weighted by Gasteiger charge is 1.89. The lowest BCUT2D eigenvalue weighted by Gasteiger charge is -1.78. The molecule has 0 bridgehead atoms. The van der Waals surface area contributed by atoms with Crippen LogP contribution in [-0.4, -0.2) is 6.03 Å². The van der Waals surface area contributed by atoms with E-state index in [2.05, 4.69) is 10.0 Å². The molecule has 0 aliphatic carbocycles. The molecule has 7 nitrogen and oxygen atoms in total. The van der Waals surface area contributed by atoms with Crippen molar-refractivity contribution in [2.75, 3.05) is 0 Å². The van der Waals surface area contributed by atoms with Gasteiger partial charge in [-0.15, -0.1) is 4.91 Å². The zero-order valence-corrected chi connectivity index (χ0v) is 3.61. The second-order valence-electron chi connectivity index (χ2n) is 0.698.